The fourth-order valence-corrected chi connectivity index (χ4v) is 4.49. The minimum atomic E-state index is -3.60. The predicted molar refractivity (Wildman–Crippen MR) is 120 cm³/mol. The number of primary amides is 1. The molecule has 0 aromatic rings. The first-order chi connectivity index (χ1) is 13.9. The number of carbonyl (C=O) groups is 2. The number of nitrogens with one attached hydrogen (secondary N) is 1. The Labute approximate surface area is 178 Å². The third kappa shape index (κ3) is 21.4. The highest BCUT2D eigenvalue weighted by Gasteiger charge is 2.14. The second-order valence-corrected chi connectivity index (χ2v) is 9.96. The van der Waals surface area contributed by atoms with Crippen LogP contribution in [0, 0.1) is 0 Å². The summed E-state index contributed by atoms with van der Waals surface area (Å²) in [5, 5.41) is 0. The maximum atomic E-state index is 11.8. The Balaban J connectivity index is 3.40. The molecule has 0 spiro atoms. The van der Waals surface area contributed by atoms with E-state index in [1.807, 2.05) is 4.72 Å². The van der Waals surface area contributed by atoms with Crippen molar-refractivity contribution >= 4 is 21.8 Å². The van der Waals surface area contributed by atoms with E-state index in [2.05, 4.69) is 6.92 Å². The second kappa shape index (κ2) is 18.9. The zero-order valence-corrected chi connectivity index (χ0v) is 19.4. The molecule has 29 heavy (non-hydrogen) atoms. The molecule has 0 rings (SSSR count). The second-order valence-electron chi connectivity index (χ2n) is 8.11. The van der Waals surface area contributed by atoms with Gasteiger partial charge in [0.05, 0.1) is 5.75 Å². The topological polar surface area (TPSA) is 106 Å². The number of rotatable bonds is 21. The van der Waals surface area contributed by atoms with Crippen LogP contribution in [0.15, 0.2) is 0 Å². The van der Waals surface area contributed by atoms with E-state index < -0.39 is 21.8 Å². The van der Waals surface area contributed by atoms with Crippen molar-refractivity contribution in [3.05, 3.63) is 0 Å². The van der Waals surface area contributed by atoms with E-state index in [-0.39, 0.29) is 18.6 Å². The van der Waals surface area contributed by atoms with Crippen LogP contribution in [0.1, 0.15) is 122 Å². The molecule has 6 nitrogen and oxygen atoms in total. The Morgan fingerprint density at radius 1 is 0.655 bits per heavy atom. The van der Waals surface area contributed by atoms with Crippen molar-refractivity contribution in [2.24, 2.45) is 5.73 Å². The highest BCUT2D eigenvalue weighted by atomic mass is 32.2. The van der Waals surface area contributed by atoms with E-state index in [1.54, 1.807) is 0 Å². The molecule has 0 saturated heterocycles. The van der Waals surface area contributed by atoms with Gasteiger partial charge in [0.15, 0.2) is 0 Å². The van der Waals surface area contributed by atoms with Crippen molar-refractivity contribution in [1.82, 2.24) is 4.72 Å². The van der Waals surface area contributed by atoms with E-state index >= 15 is 0 Å². The first-order valence-corrected chi connectivity index (χ1v) is 13.3. The van der Waals surface area contributed by atoms with Crippen molar-refractivity contribution in [3.63, 3.8) is 0 Å². The van der Waals surface area contributed by atoms with E-state index in [9.17, 15) is 18.0 Å². The third-order valence-electron chi connectivity index (χ3n) is 5.13. The van der Waals surface area contributed by atoms with E-state index in [0.717, 1.165) is 19.3 Å². The van der Waals surface area contributed by atoms with Gasteiger partial charge in [-0.15, -0.1) is 0 Å². The highest BCUT2D eigenvalue weighted by Crippen LogP contribution is 2.13. The zero-order valence-electron chi connectivity index (χ0n) is 18.6. The summed E-state index contributed by atoms with van der Waals surface area (Å²) in [4.78, 5) is 22.0. The molecule has 0 aromatic heterocycles. The van der Waals surface area contributed by atoms with Gasteiger partial charge in [-0.1, -0.05) is 103 Å². The van der Waals surface area contributed by atoms with Gasteiger partial charge in [0.2, 0.25) is 21.8 Å². The lowest BCUT2D eigenvalue weighted by Gasteiger charge is -2.06. The van der Waals surface area contributed by atoms with E-state index in [0.29, 0.717) is 6.42 Å². The lowest BCUT2D eigenvalue weighted by atomic mass is 10.0. The van der Waals surface area contributed by atoms with Gasteiger partial charge in [0.25, 0.3) is 0 Å². The summed E-state index contributed by atoms with van der Waals surface area (Å²) in [5.41, 5.74) is 4.94. The molecular weight excluding hydrogens is 388 g/mol. The van der Waals surface area contributed by atoms with Crippen LogP contribution in [-0.4, -0.2) is 26.0 Å². The smallest absolute Gasteiger partial charge is 0.234 e. The maximum Gasteiger partial charge on any atom is 0.234 e. The lowest BCUT2D eigenvalue weighted by molar-refractivity contribution is -0.123. The summed E-state index contributed by atoms with van der Waals surface area (Å²) in [6.07, 6.45) is 19.4. The van der Waals surface area contributed by atoms with Crippen LogP contribution >= 0.6 is 0 Å². The minimum Gasteiger partial charge on any atom is -0.370 e. The van der Waals surface area contributed by atoms with Gasteiger partial charge in [-0.2, -0.15) is 0 Å². The molecule has 0 fully saturated rings. The Bertz CT molecular complexity index is 521. The van der Waals surface area contributed by atoms with Crippen molar-refractivity contribution in [1.29, 1.82) is 0 Å². The van der Waals surface area contributed by atoms with Gasteiger partial charge in [-0.05, 0) is 6.42 Å². The first kappa shape index (κ1) is 27.9. The predicted octanol–water partition coefficient (Wildman–Crippen LogP) is 4.96. The third-order valence-corrected chi connectivity index (χ3v) is 6.50. The summed E-state index contributed by atoms with van der Waals surface area (Å²) >= 11 is 0. The molecule has 0 aromatic carbocycles. The summed E-state index contributed by atoms with van der Waals surface area (Å²) < 4.78 is 25.6. The van der Waals surface area contributed by atoms with Crippen LogP contribution in [0.2, 0.25) is 0 Å². The Kier molecular flexibility index (Phi) is 18.2. The minimum absolute atomic E-state index is 0.0479. The molecule has 0 atom stereocenters. The average molecular weight is 433 g/mol. The fraction of sp³-hybridized carbons (Fsp3) is 0.909. The largest absolute Gasteiger partial charge is 0.370 e. The molecule has 0 bridgehead atoms. The molecule has 0 aliphatic rings. The summed E-state index contributed by atoms with van der Waals surface area (Å²) in [6, 6.07) is 0. The Morgan fingerprint density at radius 3 is 1.41 bits per heavy atom. The summed E-state index contributed by atoms with van der Waals surface area (Å²) in [7, 11) is -3.60. The Hall–Kier alpha value is -1.11. The van der Waals surface area contributed by atoms with E-state index in [4.69, 9.17) is 5.73 Å². The molecule has 2 amide bonds. The molecule has 0 saturated carbocycles. The monoisotopic (exact) mass is 432 g/mol. The van der Waals surface area contributed by atoms with Crippen LogP contribution in [0.5, 0.6) is 0 Å². The molecule has 0 radical (unpaired) electrons. The van der Waals surface area contributed by atoms with Gasteiger partial charge in [0, 0.05) is 12.8 Å². The van der Waals surface area contributed by atoms with Crippen molar-refractivity contribution in [3.8, 4) is 0 Å². The van der Waals surface area contributed by atoms with Crippen LogP contribution in [-0.2, 0) is 19.6 Å². The van der Waals surface area contributed by atoms with Crippen molar-refractivity contribution in [2.45, 2.75) is 122 Å². The summed E-state index contributed by atoms with van der Waals surface area (Å²) in [5.74, 6) is -1.33. The first-order valence-electron chi connectivity index (χ1n) is 11.7. The van der Waals surface area contributed by atoms with Gasteiger partial charge in [-0.25, -0.2) is 8.42 Å². The molecule has 0 aliphatic heterocycles. The number of amides is 2. The molecule has 3 N–H and O–H groups in total. The van der Waals surface area contributed by atoms with Gasteiger partial charge in [-0.3, -0.25) is 14.3 Å². The number of hydrogen-bond acceptors (Lipinski definition) is 4. The van der Waals surface area contributed by atoms with Crippen LogP contribution in [0.4, 0.5) is 0 Å². The Morgan fingerprint density at radius 2 is 1.03 bits per heavy atom. The fourth-order valence-electron chi connectivity index (χ4n) is 3.35. The van der Waals surface area contributed by atoms with Gasteiger partial charge in [0.1, 0.15) is 0 Å². The molecular formula is C22H44N2O4S. The van der Waals surface area contributed by atoms with Gasteiger partial charge >= 0.3 is 0 Å². The van der Waals surface area contributed by atoms with Crippen LogP contribution in [0.25, 0.3) is 0 Å². The normalized spacial score (nSPS) is 11.5. The van der Waals surface area contributed by atoms with Crippen LogP contribution < -0.4 is 10.5 Å². The zero-order chi connectivity index (χ0) is 21.8. The average Bonchev–Trinajstić information content (AvgIpc) is 2.65. The molecule has 172 valence electrons. The van der Waals surface area contributed by atoms with Crippen LogP contribution in [0.3, 0.4) is 0 Å². The highest BCUT2D eigenvalue weighted by molar-refractivity contribution is 7.90. The standard InChI is InChI=1S/C22H44N2O4S/c1-2-3-4-5-6-7-8-9-10-11-12-13-14-15-16-17-20-29(27,28)24-22(26)19-18-21(23)25/h2-20H2,1H3,(H2,23,25)(H,24,26). The number of nitrogens with two attached hydrogens (primary N) is 1. The maximum absolute atomic E-state index is 11.8. The number of carbonyl (C=O) groups excluding carboxylic acids is 2. The summed E-state index contributed by atoms with van der Waals surface area (Å²) in [6.45, 7) is 2.25. The molecule has 0 heterocycles. The molecule has 7 heteroatoms. The molecule has 0 aliphatic carbocycles. The van der Waals surface area contributed by atoms with Crippen molar-refractivity contribution in [2.75, 3.05) is 5.75 Å². The lowest BCUT2D eigenvalue weighted by Crippen LogP contribution is -2.33. The molecule has 0 unspecified atom stereocenters. The van der Waals surface area contributed by atoms with Crippen molar-refractivity contribution < 1.29 is 18.0 Å². The quantitative estimate of drug-likeness (QED) is 0.250. The number of hydrogen-bond donors (Lipinski definition) is 2. The van der Waals surface area contributed by atoms with E-state index in [1.165, 1.54) is 77.0 Å². The number of sulfonamides is 1. The number of unbranched alkanes of at least 4 members (excludes halogenated alkanes) is 15. The van der Waals surface area contributed by atoms with Gasteiger partial charge < -0.3 is 5.73 Å². The SMILES string of the molecule is CCCCCCCCCCCCCCCCCCS(=O)(=O)NC(=O)CCC(N)=O.